The van der Waals surface area contributed by atoms with Crippen molar-refractivity contribution < 1.29 is 14.0 Å². The van der Waals surface area contributed by atoms with Crippen LogP contribution < -0.4 is 15.5 Å². The van der Waals surface area contributed by atoms with Gasteiger partial charge in [0.15, 0.2) is 0 Å². The van der Waals surface area contributed by atoms with Crippen molar-refractivity contribution in [1.29, 1.82) is 0 Å². The average Bonchev–Trinajstić information content (AvgIpc) is 2.35. The maximum absolute atomic E-state index is 14.1. The summed E-state index contributed by atoms with van der Waals surface area (Å²) in [5, 5.41) is 5.16. The fourth-order valence-corrected chi connectivity index (χ4v) is 2.11. The predicted octanol–water partition coefficient (Wildman–Crippen LogP) is 0.396. The van der Waals surface area contributed by atoms with E-state index in [2.05, 4.69) is 10.6 Å². The van der Waals surface area contributed by atoms with Gasteiger partial charge in [0.05, 0.1) is 12.2 Å². The molecule has 2 amide bonds. The Morgan fingerprint density at radius 3 is 2.84 bits per heavy atom. The van der Waals surface area contributed by atoms with Crippen molar-refractivity contribution in [3.05, 3.63) is 29.6 Å². The lowest BCUT2D eigenvalue weighted by atomic mass is 10.1. The number of nitrogens with one attached hydrogen (secondary N) is 2. The van der Waals surface area contributed by atoms with Gasteiger partial charge >= 0.3 is 0 Å². The van der Waals surface area contributed by atoms with Crippen LogP contribution in [0.25, 0.3) is 0 Å². The SMILES string of the molecule is CNCc1ccc(N2CC(=O)NC(=O)C2C)c(F)c1. The molecule has 0 aliphatic carbocycles. The van der Waals surface area contributed by atoms with Crippen molar-refractivity contribution in [3.63, 3.8) is 0 Å². The van der Waals surface area contributed by atoms with Crippen LogP contribution in [0.1, 0.15) is 12.5 Å². The molecule has 102 valence electrons. The van der Waals surface area contributed by atoms with Crippen LogP contribution in [0, 0.1) is 5.82 Å². The van der Waals surface area contributed by atoms with Gasteiger partial charge in [-0.25, -0.2) is 4.39 Å². The number of nitrogens with zero attached hydrogens (tertiary/aromatic N) is 1. The third kappa shape index (κ3) is 2.73. The van der Waals surface area contributed by atoms with Crippen molar-refractivity contribution in [1.82, 2.24) is 10.6 Å². The molecule has 1 heterocycles. The van der Waals surface area contributed by atoms with E-state index >= 15 is 0 Å². The second-order valence-electron chi connectivity index (χ2n) is 4.53. The highest BCUT2D eigenvalue weighted by Gasteiger charge is 2.31. The van der Waals surface area contributed by atoms with Gasteiger partial charge in [0, 0.05) is 6.54 Å². The van der Waals surface area contributed by atoms with Gasteiger partial charge in [-0.1, -0.05) is 6.07 Å². The van der Waals surface area contributed by atoms with Gasteiger partial charge in [-0.15, -0.1) is 0 Å². The third-order valence-corrected chi connectivity index (χ3v) is 3.13. The van der Waals surface area contributed by atoms with Gasteiger partial charge in [0.25, 0.3) is 0 Å². The molecule has 0 aromatic heterocycles. The van der Waals surface area contributed by atoms with Crippen LogP contribution in [0.3, 0.4) is 0 Å². The van der Waals surface area contributed by atoms with Gasteiger partial charge < -0.3 is 10.2 Å². The highest BCUT2D eigenvalue weighted by molar-refractivity contribution is 6.04. The molecule has 5 nitrogen and oxygen atoms in total. The number of hydrogen-bond donors (Lipinski definition) is 2. The summed E-state index contributed by atoms with van der Waals surface area (Å²) in [6.45, 7) is 2.18. The monoisotopic (exact) mass is 265 g/mol. The molecule has 19 heavy (non-hydrogen) atoms. The number of benzene rings is 1. The summed E-state index contributed by atoms with van der Waals surface area (Å²) >= 11 is 0. The second kappa shape index (κ2) is 5.36. The molecule has 1 atom stereocenters. The standard InChI is InChI=1S/C13H16FN3O2/c1-8-13(19)16-12(18)7-17(8)11-4-3-9(6-15-2)5-10(11)14/h3-5,8,15H,6-7H2,1-2H3,(H,16,18,19). The van der Waals surface area contributed by atoms with E-state index in [1.807, 2.05) is 0 Å². The van der Waals surface area contributed by atoms with E-state index < -0.39 is 23.7 Å². The van der Waals surface area contributed by atoms with E-state index in [1.165, 1.54) is 11.0 Å². The summed E-state index contributed by atoms with van der Waals surface area (Å²) in [5.74, 6) is -1.25. The zero-order valence-electron chi connectivity index (χ0n) is 10.9. The van der Waals surface area contributed by atoms with Crippen LogP contribution in [0.5, 0.6) is 0 Å². The first kappa shape index (κ1) is 13.5. The molecule has 0 saturated carbocycles. The van der Waals surface area contributed by atoms with Gasteiger partial charge in [-0.05, 0) is 31.7 Å². The topological polar surface area (TPSA) is 61.4 Å². The smallest absolute Gasteiger partial charge is 0.249 e. The molecule has 6 heteroatoms. The maximum Gasteiger partial charge on any atom is 0.249 e. The van der Waals surface area contributed by atoms with Gasteiger partial charge in [0.1, 0.15) is 11.9 Å². The highest BCUT2D eigenvalue weighted by atomic mass is 19.1. The molecule has 1 unspecified atom stereocenters. The Hall–Kier alpha value is -1.95. The highest BCUT2D eigenvalue weighted by Crippen LogP contribution is 2.23. The van der Waals surface area contributed by atoms with E-state index in [0.29, 0.717) is 6.54 Å². The third-order valence-electron chi connectivity index (χ3n) is 3.13. The average molecular weight is 265 g/mol. The zero-order valence-corrected chi connectivity index (χ0v) is 10.9. The van der Waals surface area contributed by atoms with E-state index in [9.17, 15) is 14.0 Å². The molecule has 1 saturated heterocycles. The maximum atomic E-state index is 14.1. The first-order valence-electron chi connectivity index (χ1n) is 6.06. The van der Waals surface area contributed by atoms with Crippen LogP contribution in [-0.4, -0.2) is 31.4 Å². The number of halogens is 1. The minimum Gasteiger partial charge on any atom is -0.348 e. The lowest BCUT2D eigenvalue weighted by Gasteiger charge is -2.33. The summed E-state index contributed by atoms with van der Waals surface area (Å²) in [6, 6.07) is 4.22. The number of carbonyl (C=O) groups excluding carboxylic acids is 2. The number of carbonyl (C=O) groups is 2. The Kier molecular flexibility index (Phi) is 3.80. The quantitative estimate of drug-likeness (QED) is 0.776. The van der Waals surface area contributed by atoms with Crippen molar-refractivity contribution in [2.45, 2.75) is 19.5 Å². The van der Waals surface area contributed by atoms with Crippen LogP contribution in [0.15, 0.2) is 18.2 Å². The largest absolute Gasteiger partial charge is 0.348 e. The lowest BCUT2D eigenvalue weighted by molar-refractivity contribution is -0.132. The molecular formula is C13H16FN3O2. The normalized spacial score (nSPS) is 19.5. The molecule has 2 rings (SSSR count). The van der Waals surface area contributed by atoms with Crippen molar-refractivity contribution in [3.8, 4) is 0 Å². The summed E-state index contributed by atoms with van der Waals surface area (Å²) in [4.78, 5) is 24.4. The number of anilines is 1. The summed E-state index contributed by atoms with van der Waals surface area (Å²) in [5.41, 5.74) is 1.08. The number of piperazine rings is 1. The van der Waals surface area contributed by atoms with Gasteiger partial charge in [-0.3, -0.25) is 14.9 Å². The molecule has 2 N–H and O–H groups in total. The Labute approximate surface area is 110 Å². The lowest BCUT2D eigenvalue weighted by Crippen LogP contribution is -2.57. The van der Waals surface area contributed by atoms with E-state index in [0.717, 1.165) is 5.56 Å². The summed E-state index contributed by atoms with van der Waals surface area (Å²) in [6.07, 6.45) is 0. The number of hydrogen-bond acceptors (Lipinski definition) is 4. The fourth-order valence-electron chi connectivity index (χ4n) is 2.11. The molecular weight excluding hydrogens is 249 g/mol. The Balaban J connectivity index is 2.30. The van der Waals surface area contributed by atoms with Crippen LogP contribution in [0.4, 0.5) is 10.1 Å². The van der Waals surface area contributed by atoms with Gasteiger partial charge in [-0.2, -0.15) is 0 Å². The minimum atomic E-state index is -0.567. The van der Waals surface area contributed by atoms with Crippen molar-refractivity contribution in [2.24, 2.45) is 0 Å². The van der Waals surface area contributed by atoms with Crippen LogP contribution in [-0.2, 0) is 16.1 Å². The molecule has 0 spiro atoms. The first-order valence-corrected chi connectivity index (χ1v) is 6.06. The first-order chi connectivity index (χ1) is 9.02. The van der Waals surface area contributed by atoms with Gasteiger partial charge in [0.2, 0.25) is 11.8 Å². The summed E-state index contributed by atoms with van der Waals surface area (Å²) in [7, 11) is 1.78. The summed E-state index contributed by atoms with van der Waals surface area (Å²) < 4.78 is 14.1. The molecule has 1 aromatic carbocycles. The molecule has 1 aliphatic heterocycles. The molecule has 1 fully saturated rings. The Morgan fingerprint density at radius 1 is 1.47 bits per heavy atom. The minimum absolute atomic E-state index is 0.0186. The predicted molar refractivity (Wildman–Crippen MR) is 69.1 cm³/mol. The van der Waals surface area contributed by atoms with Crippen LogP contribution >= 0.6 is 0 Å². The second-order valence-corrected chi connectivity index (χ2v) is 4.53. The van der Waals surface area contributed by atoms with E-state index in [4.69, 9.17) is 0 Å². The molecule has 1 aliphatic rings. The number of imide groups is 1. The Morgan fingerprint density at radius 2 is 2.21 bits per heavy atom. The fraction of sp³-hybridized carbons (Fsp3) is 0.385. The molecule has 1 aromatic rings. The zero-order chi connectivity index (χ0) is 14.0. The van der Waals surface area contributed by atoms with E-state index in [1.54, 1.807) is 26.1 Å². The molecule has 0 radical (unpaired) electrons. The van der Waals surface area contributed by atoms with E-state index in [-0.39, 0.29) is 12.2 Å². The Bertz CT molecular complexity index is 519. The molecule has 0 bridgehead atoms. The number of rotatable bonds is 3. The van der Waals surface area contributed by atoms with Crippen LogP contribution in [0.2, 0.25) is 0 Å². The number of amides is 2. The van der Waals surface area contributed by atoms with Crippen molar-refractivity contribution in [2.75, 3.05) is 18.5 Å². The van der Waals surface area contributed by atoms with Crippen molar-refractivity contribution >= 4 is 17.5 Å².